The summed E-state index contributed by atoms with van der Waals surface area (Å²) < 4.78 is 56.5. The van der Waals surface area contributed by atoms with E-state index >= 15 is 0 Å². The molecular weight excluding hydrogens is 549 g/mol. The highest BCUT2D eigenvalue weighted by molar-refractivity contribution is 6.31. The van der Waals surface area contributed by atoms with Gasteiger partial charge in [-0.3, -0.25) is 0 Å². The minimum atomic E-state index is -4.66. The molecule has 204 valence electrons. The predicted octanol–water partition coefficient (Wildman–Crippen LogP) is 7.91. The van der Waals surface area contributed by atoms with Gasteiger partial charge in [0.15, 0.2) is 11.5 Å². The molecule has 0 radical (unpaired) electrons. The van der Waals surface area contributed by atoms with Crippen LogP contribution in [0.2, 0.25) is 5.02 Å². The van der Waals surface area contributed by atoms with Gasteiger partial charge < -0.3 is 24.8 Å². The van der Waals surface area contributed by atoms with E-state index < -0.39 is 22.8 Å². The van der Waals surface area contributed by atoms with Crippen LogP contribution < -0.4 is 24.8 Å². The monoisotopic (exact) mass is 568 g/mol. The maximum atomic E-state index is 13.2. The quantitative estimate of drug-likeness (QED) is 0.216. The summed E-state index contributed by atoms with van der Waals surface area (Å²) in [5, 5.41) is 6.49. The Morgan fingerprint density at radius 1 is 0.825 bits per heavy atom. The summed E-state index contributed by atoms with van der Waals surface area (Å²) in [4.78, 5) is 21.3. The molecule has 0 unspecified atom stereocenters. The number of hydrogen-bond donors (Lipinski definition) is 2. The van der Waals surface area contributed by atoms with Gasteiger partial charge in [0, 0.05) is 22.5 Å². The van der Waals surface area contributed by atoms with Crippen molar-refractivity contribution in [1.29, 1.82) is 0 Å². The molecule has 0 aliphatic carbocycles. The molecule has 0 spiro atoms. The number of ether oxygens (including phenoxy) is 3. The fourth-order valence-corrected chi connectivity index (χ4v) is 4.34. The van der Waals surface area contributed by atoms with E-state index in [1.165, 1.54) is 26.6 Å². The number of aromatic nitrogens is 2. The average molecular weight is 569 g/mol. The number of carbonyl (C=O) groups excluding carboxylic acids is 1. The smallest absolute Gasteiger partial charge is 0.417 e. The van der Waals surface area contributed by atoms with E-state index in [0.717, 1.165) is 12.1 Å². The maximum Gasteiger partial charge on any atom is 0.417 e. The Labute approximate surface area is 230 Å². The van der Waals surface area contributed by atoms with Gasteiger partial charge in [0.2, 0.25) is 5.88 Å². The molecule has 0 saturated heterocycles. The fourth-order valence-electron chi connectivity index (χ4n) is 4.12. The number of anilines is 2. The first-order valence-electron chi connectivity index (χ1n) is 11.7. The number of benzene rings is 4. The minimum absolute atomic E-state index is 0.0683. The predicted molar refractivity (Wildman–Crippen MR) is 146 cm³/mol. The summed E-state index contributed by atoms with van der Waals surface area (Å²) in [5.41, 5.74) is -0.129. The van der Waals surface area contributed by atoms with Crippen LogP contribution in [0.3, 0.4) is 0 Å². The first-order valence-corrected chi connectivity index (χ1v) is 12.1. The summed E-state index contributed by atoms with van der Waals surface area (Å²) >= 11 is 5.67. The highest BCUT2D eigenvalue weighted by Gasteiger charge is 2.33. The van der Waals surface area contributed by atoms with E-state index in [4.69, 9.17) is 25.8 Å². The summed E-state index contributed by atoms with van der Waals surface area (Å²) in [6.07, 6.45) is -3.30. The lowest BCUT2D eigenvalue weighted by Crippen LogP contribution is -2.20. The third kappa shape index (κ3) is 5.36. The Hall–Kier alpha value is -4.77. The third-order valence-electron chi connectivity index (χ3n) is 5.97. The molecule has 0 aliphatic heterocycles. The van der Waals surface area contributed by atoms with Crippen LogP contribution in [0.5, 0.6) is 23.1 Å². The van der Waals surface area contributed by atoms with Gasteiger partial charge in [-0.1, -0.05) is 35.9 Å². The highest BCUT2D eigenvalue weighted by Crippen LogP contribution is 2.39. The first kappa shape index (κ1) is 26.8. The normalized spacial score (nSPS) is 11.3. The van der Waals surface area contributed by atoms with Crippen LogP contribution >= 0.6 is 11.6 Å². The zero-order valence-corrected chi connectivity index (χ0v) is 21.7. The molecule has 0 atom stereocenters. The van der Waals surface area contributed by atoms with Crippen molar-refractivity contribution in [3.05, 3.63) is 83.6 Å². The van der Waals surface area contributed by atoms with Crippen LogP contribution in [0, 0.1) is 0 Å². The topological polar surface area (TPSA) is 94.6 Å². The molecule has 2 amide bonds. The van der Waals surface area contributed by atoms with Crippen molar-refractivity contribution in [2.24, 2.45) is 0 Å². The summed E-state index contributed by atoms with van der Waals surface area (Å²) in [6.45, 7) is 0. The zero-order chi connectivity index (χ0) is 28.4. The van der Waals surface area contributed by atoms with Crippen molar-refractivity contribution in [2.75, 3.05) is 24.9 Å². The molecule has 2 N–H and O–H groups in total. The van der Waals surface area contributed by atoms with Crippen LogP contribution in [-0.2, 0) is 6.18 Å². The number of methoxy groups -OCH3 is 2. The van der Waals surface area contributed by atoms with Crippen molar-refractivity contribution >= 4 is 50.7 Å². The lowest BCUT2D eigenvalue weighted by molar-refractivity contribution is -0.137. The second-order valence-electron chi connectivity index (χ2n) is 8.43. The number of rotatable bonds is 6. The van der Waals surface area contributed by atoms with Gasteiger partial charge in [-0.05, 0) is 36.4 Å². The van der Waals surface area contributed by atoms with Gasteiger partial charge >= 0.3 is 12.2 Å². The number of fused-ring (bicyclic) bond motifs is 2. The Bertz CT molecular complexity index is 1750. The fraction of sp³-hybridized carbons (Fsp3) is 0.107. The van der Waals surface area contributed by atoms with Crippen LogP contribution in [0.15, 0.2) is 73.1 Å². The van der Waals surface area contributed by atoms with Crippen molar-refractivity contribution in [2.45, 2.75) is 6.18 Å². The Morgan fingerprint density at radius 3 is 2.27 bits per heavy atom. The van der Waals surface area contributed by atoms with Gasteiger partial charge in [-0.2, -0.15) is 13.2 Å². The summed E-state index contributed by atoms with van der Waals surface area (Å²) in [5.74, 6) is 1.71. The van der Waals surface area contributed by atoms with E-state index in [-0.39, 0.29) is 11.6 Å². The van der Waals surface area contributed by atoms with Gasteiger partial charge in [0.05, 0.1) is 41.4 Å². The Morgan fingerprint density at radius 2 is 1.55 bits per heavy atom. The van der Waals surface area contributed by atoms with Gasteiger partial charge in [0.1, 0.15) is 12.1 Å². The molecule has 12 heteroatoms. The van der Waals surface area contributed by atoms with Gasteiger partial charge in [0.25, 0.3) is 0 Å². The molecule has 5 aromatic rings. The van der Waals surface area contributed by atoms with E-state index in [0.29, 0.717) is 44.6 Å². The van der Waals surface area contributed by atoms with E-state index in [9.17, 15) is 18.0 Å². The molecule has 1 aromatic heterocycles. The van der Waals surface area contributed by atoms with Gasteiger partial charge in [-0.25, -0.2) is 14.8 Å². The molecule has 0 fully saturated rings. The van der Waals surface area contributed by atoms with Crippen molar-refractivity contribution < 1.29 is 32.2 Å². The molecule has 40 heavy (non-hydrogen) atoms. The van der Waals surface area contributed by atoms with Crippen molar-refractivity contribution in [3.8, 4) is 23.1 Å². The standard InChI is InChI=1S/C28H20ClF3N4O4/c1-38-24-12-18-22(13-25(24)39-2)33-14-34-26(18)40-23-10-9-21(16-5-3-4-6-17(16)23)36-27(37)35-15-7-8-20(29)19(11-15)28(30,31)32/h3-14H,1-2H3,(H2,35,36,37). The number of alkyl halides is 3. The minimum Gasteiger partial charge on any atom is -0.493 e. The van der Waals surface area contributed by atoms with E-state index in [1.54, 1.807) is 48.5 Å². The largest absolute Gasteiger partial charge is 0.493 e. The average Bonchev–Trinajstić information content (AvgIpc) is 2.94. The number of carbonyl (C=O) groups is 1. The van der Waals surface area contributed by atoms with Crippen molar-refractivity contribution in [3.63, 3.8) is 0 Å². The summed E-state index contributed by atoms with van der Waals surface area (Å²) in [6, 6.07) is 16.2. The molecule has 0 aliphatic rings. The molecule has 5 rings (SSSR count). The molecule has 0 saturated carbocycles. The zero-order valence-electron chi connectivity index (χ0n) is 21.0. The maximum absolute atomic E-state index is 13.2. The Kier molecular flexibility index (Phi) is 7.22. The number of nitrogens with one attached hydrogen (secondary N) is 2. The van der Waals surface area contributed by atoms with Crippen LogP contribution in [0.4, 0.5) is 29.3 Å². The lowest BCUT2D eigenvalue weighted by atomic mass is 10.1. The van der Waals surface area contributed by atoms with Gasteiger partial charge in [-0.15, -0.1) is 0 Å². The molecule has 8 nitrogen and oxygen atoms in total. The van der Waals surface area contributed by atoms with Crippen LogP contribution in [0.25, 0.3) is 21.7 Å². The first-order chi connectivity index (χ1) is 19.2. The van der Waals surface area contributed by atoms with E-state index in [1.807, 2.05) is 0 Å². The summed E-state index contributed by atoms with van der Waals surface area (Å²) in [7, 11) is 3.05. The molecular formula is C28H20ClF3N4O4. The lowest BCUT2D eigenvalue weighted by Gasteiger charge is -2.15. The van der Waals surface area contributed by atoms with Crippen LogP contribution in [0.1, 0.15) is 5.56 Å². The number of urea groups is 1. The Balaban J connectivity index is 1.44. The molecule has 0 bridgehead atoms. The third-order valence-corrected chi connectivity index (χ3v) is 6.30. The second-order valence-corrected chi connectivity index (χ2v) is 8.84. The number of nitrogens with zero attached hydrogens (tertiary/aromatic N) is 2. The number of amides is 2. The SMILES string of the molecule is COc1cc2ncnc(Oc3ccc(NC(=O)Nc4ccc(Cl)c(C(F)(F)F)c4)c4ccccc34)c2cc1OC. The molecule has 1 heterocycles. The highest BCUT2D eigenvalue weighted by atomic mass is 35.5. The second kappa shape index (κ2) is 10.8. The van der Waals surface area contributed by atoms with Crippen molar-refractivity contribution in [1.82, 2.24) is 9.97 Å². The van der Waals surface area contributed by atoms with E-state index in [2.05, 4.69) is 20.6 Å². The number of halogens is 4. The number of hydrogen-bond acceptors (Lipinski definition) is 6. The van der Waals surface area contributed by atoms with Crippen LogP contribution in [-0.4, -0.2) is 30.2 Å². The molecule has 4 aromatic carbocycles.